The van der Waals surface area contributed by atoms with Crippen molar-refractivity contribution in [3.63, 3.8) is 0 Å². The van der Waals surface area contributed by atoms with E-state index < -0.39 is 0 Å². The summed E-state index contributed by atoms with van der Waals surface area (Å²) in [5, 5.41) is 0. The summed E-state index contributed by atoms with van der Waals surface area (Å²) in [7, 11) is 0. The highest BCUT2D eigenvalue weighted by atomic mass is 16.5. The second-order valence-corrected chi connectivity index (χ2v) is 4.97. The summed E-state index contributed by atoms with van der Waals surface area (Å²) in [6, 6.07) is 0. The molecule has 2 heterocycles. The summed E-state index contributed by atoms with van der Waals surface area (Å²) in [5.41, 5.74) is 1.92. The van der Waals surface area contributed by atoms with E-state index in [1.165, 1.54) is 6.92 Å². The lowest BCUT2D eigenvalue weighted by Crippen LogP contribution is -2.27. The highest BCUT2D eigenvalue weighted by Crippen LogP contribution is 2.48. The van der Waals surface area contributed by atoms with Gasteiger partial charge in [0.1, 0.15) is 11.4 Å². The molecule has 0 N–H and O–H groups in total. The monoisotopic (exact) mass is 232 g/mol. The van der Waals surface area contributed by atoms with E-state index in [4.69, 9.17) is 9.47 Å². The number of esters is 1. The van der Waals surface area contributed by atoms with Crippen LogP contribution in [0.3, 0.4) is 0 Å². The average Bonchev–Trinajstić information content (AvgIpc) is 2.83. The molecule has 0 unspecified atom stereocenters. The molecular formula is C14H16O3. The maximum atomic E-state index is 11.2. The van der Waals surface area contributed by atoms with E-state index in [0.717, 1.165) is 30.4 Å². The van der Waals surface area contributed by atoms with Crippen molar-refractivity contribution < 1.29 is 14.3 Å². The standard InChI is InChI=1S/C14H16O3/c1-9-8-13(16-10(2)15)11-4-3-6-14(11)7-5-12(9)17-14/h5,7-8,12H,3-4,6H2,1-2H3/t12-,14+/m0/s1. The van der Waals surface area contributed by atoms with Gasteiger partial charge in [-0.15, -0.1) is 0 Å². The number of ether oxygens (including phenoxy) is 2. The molecule has 2 atom stereocenters. The summed E-state index contributed by atoms with van der Waals surface area (Å²) < 4.78 is 11.5. The Hall–Kier alpha value is -1.35. The van der Waals surface area contributed by atoms with E-state index >= 15 is 0 Å². The molecule has 0 aromatic rings. The number of hydrogen-bond donors (Lipinski definition) is 0. The SMILES string of the molecule is CC(=O)OC1=C2CCC[C@@]23C=C[C@H](O3)C(C)=C1. The Balaban J connectivity index is 2.11. The summed E-state index contributed by atoms with van der Waals surface area (Å²) in [6.45, 7) is 3.46. The fraction of sp³-hybridized carbons (Fsp3) is 0.500. The van der Waals surface area contributed by atoms with Crippen molar-refractivity contribution in [1.29, 1.82) is 0 Å². The van der Waals surface area contributed by atoms with Crippen LogP contribution >= 0.6 is 0 Å². The normalized spacial score (nSPS) is 34.5. The molecule has 1 spiro atoms. The number of carbonyl (C=O) groups excluding carboxylic acids is 1. The molecule has 90 valence electrons. The molecule has 1 saturated carbocycles. The predicted octanol–water partition coefficient (Wildman–Crippen LogP) is 2.64. The van der Waals surface area contributed by atoms with Gasteiger partial charge in [-0.05, 0) is 43.9 Å². The molecule has 0 amide bonds. The maximum Gasteiger partial charge on any atom is 0.308 e. The molecule has 1 fully saturated rings. The second kappa shape index (κ2) is 3.57. The van der Waals surface area contributed by atoms with E-state index in [9.17, 15) is 4.79 Å². The number of hydrogen-bond acceptors (Lipinski definition) is 3. The first-order valence-corrected chi connectivity index (χ1v) is 6.08. The molecule has 0 aromatic heterocycles. The van der Waals surface area contributed by atoms with Crippen LogP contribution in [-0.2, 0) is 14.3 Å². The van der Waals surface area contributed by atoms with E-state index in [1.54, 1.807) is 0 Å². The van der Waals surface area contributed by atoms with Gasteiger partial charge in [0, 0.05) is 12.5 Å². The topological polar surface area (TPSA) is 35.5 Å². The van der Waals surface area contributed by atoms with Crippen molar-refractivity contribution in [1.82, 2.24) is 0 Å². The molecule has 1 aliphatic carbocycles. The molecule has 3 nitrogen and oxygen atoms in total. The Morgan fingerprint density at radius 2 is 2.41 bits per heavy atom. The average molecular weight is 232 g/mol. The van der Waals surface area contributed by atoms with Crippen molar-refractivity contribution in [2.24, 2.45) is 0 Å². The summed E-state index contributed by atoms with van der Waals surface area (Å²) in [5.74, 6) is 0.444. The Kier molecular flexibility index (Phi) is 2.26. The van der Waals surface area contributed by atoms with Crippen molar-refractivity contribution >= 4 is 5.97 Å². The van der Waals surface area contributed by atoms with Crippen LogP contribution in [0.4, 0.5) is 0 Å². The van der Waals surface area contributed by atoms with Gasteiger partial charge < -0.3 is 9.47 Å². The Morgan fingerprint density at radius 1 is 1.59 bits per heavy atom. The molecule has 0 saturated heterocycles. The predicted molar refractivity (Wildman–Crippen MR) is 63.1 cm³/mol. The first-order valence-electron chi connectivity index (χ1n) is 6.08. The van der Waals surface area contributed by atoms with Crippen molar-refractivity contribution in [3.8, 4) is 0 Å². The molecular weight excluding hydrogens is 216 g/mol. The number of rotatable bonds is 1. The Morgan fingerprint density at radius 3 is 3.18 bits per heavy atom. The van der Waals surface area contributed by atoms with Crippen LogP contribution in [0.2, 0.25) is 0 Å². The summed E-state index contributed by atoms with van der Waals surface area (Å²) >= 11 is 0. The minimum atomic E-state index is -0.302. The lowest BCUT2D eigenvalue weighted by Gasteiger charge is -2.25. The summed E-state index contributed by atoms with van der Waals surface area (Å²) in [6.07, 6.45) is 9.27. The minimum absolute atomic E-state index is 0.0381. The lowest BCUT2D eigenvalue weighted by atomic mass is 9.94. The molecule has 17 heavy (non-hydrogen) atoms. The molecule has 0 radical (unpaired) electrons. The van der Waals surface area contributed by atoms with E-state index in [0.29, 0.717) is 5.76 Å². The highest BCUT2D eigenvalue weighted by Gasteiger charge is 2.46. The zero-order valence-corrected chi connectivity index (χ0v) is 10.2. The number of allylic oxidation sites excluding steroid dienone is 1. The first kappa shape index (κ1) is 10.8. The quantitative estimate of drug-likeness (QED) is 0.515. The fourth-order valence-corrected chi connectivity index (χ4v) is 2.95. The highest BCUT2D eigenvalue weighted by molar-refractivity contribution is 5.68. The van der Waals surface area contributed by atoms with E-state index in [-0.39, 0.29) is 17.7 Å². The van der Waals surface area contributed by atoms with Gasteiger partial charge in [-0.3, -0.25) is 4.79 Å². The first-order chi connectivity index (χ1) is 8.11. The van der Waals surface area contributed by atoms with Crippen molar-refractivity contribution in [2.75, 3.05) is 0 Å². The van der Waals surface area contributed by atoms with Crippen LogP contribution in [0.15, 0.2) is 35.1 Å². The molecule has 2 bridgehead atoms. The summed E-state index contributed by atoms with van der Waals surface area (Å²) in [4.78, 5) is 11.2. The molecule has 3 rings (SSSR count). The fourth-order valence-electron chi connectivity index (χ4n) is 2.95. The third kappa shape index (κ3) is 1.57. The van der Waals surface area contributed by atoms with Gasteiger partial charge in [0.25, 0.3) is 0 Å². The van der Waals surface area contributed by atoms with Gasteiger partial charge in [-0.1, -0.05) is 6.08 Å². The van der Waals surface area contributed by atoms with Crippen LogP contribution in [0.25, 0.3) is 0 Å². The lowest BCUT2D eigenvalue weighted by molar-refractivity contribution is -0.136. The Labute approximate surface area is 101 Å². The smallest absolute Gasteiger partial charge is 0.308 e. The third-order valence-electron chi connectivity index (χ3n) is 3.72. The van der Waals surface area contributed by atoms with Crippen LogP contribution in [-0.4, -0.2) is 17.7 Å². The number of fused-ring (bicyclic) bond motifs is 1. The zero-order chi connectivity index (χ0) is 12.0. The van der Waals surface area contributed by atoms with Gasteiger partial charge in [0.05, 0.1) is 6.10 Å². The van der Waals surface area contributed by atoms with Crippen LogP contribution in [0.1, 0.15) is 33.1 Å². The Bertz CT molecular complexity index is 470. The largest absolute Gasteiger partial charge is 0.427 e. The van der Waals surface area contributed by atoms with E-state index in [2.05, 4.69) is 12.2 Å². The molecule has 0 aromatic carbocycles. The second-order valence-electron chi connectivity index (χ2n) is 4.97. The van der Waals surface area contributed by atoms with Crippen LogP contribution in [0, 0.1) is 0 Å². The molecule has 2 aliphatic heterocycles. The van der Waals surface area contributed by atoms with Crippen molar-refractivity contribution in [2.45, 2.75) is 44.8 Å². The van der Waals surface area contributed by atoms with Gasteiger partial charge in [-0.2, -0.15) is 0 Å². The molecule has 3 aliphatic rings. The van der Waals surface area contributed by atoms with Crippen LogP contribution in [0.5, 0.6) is 0 Å². The van der Waals surface area contributed by atoms with Gasteiger partial charge in [0.2, 0.25) is 0 Å². The molecule has 3 heteroatoms. The van der Waals surface area contributed by atoms with Crippen molar-refractivity contribution in [3.05, 3.63) is 35.1 Å². The number of carbonyl (C=O) groups is 1. The van der Waals surface area contributed by atoms with Gasteiger partial charge in [0.15, 0.2) is 0 Å². The third-order valence-corrected chi connectivity index (χ3v) is 3.72. The van der Waals surface area contributed by atoms with Crippen LogP contribution < -0.4 is 0 Å². The maximum absolute atomic E-state index is 11.2. The zero-order valence-electron chi connectivity index (χ0n) is 10.2. The minimum Gasteiger partial charge on any atom is -0.427 e. The van der Waals surface area contributed by atoms with Gasteiger partial charge in [-0.25, -0.2) is 0 Å². The van der Waals surface area contributed by atoms with E-state index in [1.807, 2.05) is 13.0 Å². The van der Waals surface area contributed by atoms with Gasteiger partial charge >= 0.3 is 5.97 Å².